The van der Waals surface area contributed by atoms with Crippen LogP contribution in [0.4, 0.5) is 0 Å². The third-order valence-corrected chi connectivity index (χ3v) is 4.30. The SMILES string of the molecule is COCCCNC(=O)COc1ccc(CCNC[C@H](O)COc2ccccc2)cc1.Cl. The summed E-state index contributed by atoms with van der Waals surface area (Å²) in [5.74, 6) is 1.27. The standard InChI is InChI=1S/C23H32N2O5.ClH/c1-28-15-5-13-25-23(27)18-30-22-10-8-19(9-11-22)12-14-24-16-20(26)17-29-21-6-3-2-4-7-21;/h2-4,6-11,20,24,26H,5,12-18H2,1H3,(H,25,27);1H/t20-;/m0./s1. The van der Waals surface area contributed by atoms with E-state index in [0.29, 0.717) is 25.4 Å². The van der Waals surface area contributed by atoms with Gasteiger partial charge in [-0.15, -0.1) is 12.4 Å². The monoisotopic (exact) mass is 452 g/mol. The summed E-state index contributed by atoms with van der Waals surface area (Å²) in [6.07, 6.45) is 1.04. The Morgan fingerprint density at radius 2 is 1.71 bits per heavy atom. The molecule has 2 aromatic carbocycles. The number of nitrogens with one attached hydrogen (secondary N) is 2. The van der Waals surface area contributed by atoms with Gasteiger partial charge in [0.2, 0.25) is 0 Å². The molecular formula is C23H33ClN2O5. The lowest BCUT2D eigenvalue weighted by atomic mass is 10.1. The predicted octanol–water partition coefficient (Wildman–Crippen LogP) is 2.21. The van der Waals surface area contributed by atoms with E-state index in [1.165, 1.54) is 0 Å². The van der Waals surface area contributed by atoms with E-state index in [1.807, 2.05) is 54.6 Å². The van der Waals surface area contributed by atoms with Crippen LogP contribution in [0.25, 0.3) is 0 Å². The van der Waals surface area contributed by atoms with Crippen molar-refractivity contribution in [3.8, 4) is 11.5 Å². The van der Waals surface area contributed by atoms with Crippen molar-refractivity contribution in [1.29, 1.82) is 0 Å². The molecule has 0 bridgehead atoms. The van der Waals surface area contributed by atoms with Crippen LogP contribution >= 0.6 is 12.4 Å². The van der Waals surface area contributed by atoms with E-state index in [-0.39, 0.29) is 31.5 Å². The number of carbonyl (C=O) groups excluding carboxylic acids is 1. The Kier molecular flexibility index (Phi) is 14.1. The highest BCUT2D eigenvalue weighted by Crippen LogP contribution is 2.12. The Morgan fingerprint density at radius 3 is 2.42 bits per heavy atom. The summed E-state index contributed by atoms with van der Waals surface area (Å²) < 4.78 is 16.0. The fourth-order valence-electron chi connectivity index (χ4n) is 2.67. The van der Waals surface area contributed by atoms with Crippen LogP contribution < -0.4 is 20.1 Å². The van der Waals surface area contributed by atoms with Gasteiger partial charge in [0.15, 0.2) is 6.61 Å². The summed E-state index contributed by atoms with van der Waals surface area (Å²) in [7, 11) is 1.64. The molecule has 0 aliphatic carbocycles. The molecule has 1 amide bonds. The van der Waals surface area contributed by atoms with Crippen LogP contribution in [-0.4, -0.2) is 63.7 Å². The van der Waals surface area contributed by atoms with Crippen molar-refractivity contribution < 1.29 is 24.1 Å². The van der Waals surface area contributed by atoms with Gasteiger partial charge in [0.1, 0.15) is 24.2 Å². The first kappa shape index (κ1) is 26.7. The molecule has 2 aromatic rings. The van der Waals surface area contributed by atoms with Crippen molar-refractivity contribution in [3.05, 3.63) is 60.2 Å². The Bertz CT molecular complexity index is 716. The van der Waals surface area contributed by atoms with Gasteiger partial charge in [-0.2, -0.15) is 0 Å². The smallest absolute Gasteiger partial charge is 0.257 e. The molecular weight excluding hydrogens is 420 g/mol. The highest BCUT2D eigenvalue weighted by atomic mass is 35.5. The number of amides is 1. The molecule has 0 heterocycles. The lowest BCUT2D eigenvalue weighted by Crippen LogP contribution is -2.32. The Hall–Kier alpha value is -2.32. The van der Waals surface area contributed by atoms with Crippen molar-refractivity contribution in [2.24, 2.45) is 0 Å². The van der Waals surface area contributed by atoms with E-state index in [2.05, 4.69) is 10.6 Å². The molecule has 0 unspecified atom stereocenters. The number of hydrogen-bond donors (Lipinski definition) is 3. The summed E-state index contributed by atoms with van der Waals surface area (Å²) in [5, 5.41) is 16.0. The van der Waals surface area contributed by atoms with Gasteiger partial charge >= 0.3 is 0 Å². The number of benzene rings is 2. The van der Waals surface area contributed by atoms with Gasteiger partial charge in [0, 0.05) is 26.8 Å². The zero-order valence-electron chi connectivity index (χ0n) is 17.9. The van der Waals surface area contributed by atoms with Crippen LogP contribution in [0.3, 0.4) is 0 Å². The number of rotatable bonds is 15. The van der Waals surface area contributed by atoms with Gasteiger partial charge in [-0.1, -0.05) is 30.3 Å². The molecule has 0 saturated carbocycles. The van der Waals surface area contributed by atoms with Crippen molar-refractivity contribution >= 4 is 18.3 Å². The molecule has 0 aromatic heterocycles. The van der Waals surface area contributed by atoms with Crippen LogP contribution in [0, 0.1) is 0 Å². The van der Waals surface area contributed by atoms with Crippen molar-refractivity contribution in [2.45, 2.75) is 18.9 Å². The van der Waals surface area contributed by atoms with E-state index < -0.39 is 6.10 Å². The van der Waals surface area contributed by atoms with Crippen LogP contribution in [0.15, 0.2) is 54.6 Å². The van der Waals surface area contributed by atoms with Crippen molar-refractivity contribution in [3.63, 3.8) is 0 Å². The zero-order chi connectivity index (χ0) is 21.4. The van der Waals surface area contributed by atoms with E-state index in [1.54, 1.807) is 7.11 Å². The molecule has 7 nitrogen and oxygen atoms in total. The van der Waals surface area contributed by atoms with E-state index in [4.69, 9.17) is 14.2 Å². The number of halogens is 1. The maximum atomic E-state index is 11.7. The first-order chi connectivity index (χ1) is 14.7. The quantitative estimate of drug-likeness (QED) is 0.359. The normalized spacial score (nSPS) is 11.3. The number of aliphatic hydroxyl groups excluding tert-OH is 1. The second kappa shape index (κ2) is 16.4. The van der Waals surface area contributed by atoms with Gasteiger partial charge < -0.3 is 30.0 Å². The number of ether oxygens (including phenoxy) is 3. The number of hydrogen-bond acceptors (Lipinski definition) is 6. The summed E-state index contributed by atoms with van der Waals surface area (Å²) in [6, 6.07) is 17.1. The molecule has 0 aliphatic heterocycles. The van der Waals surface area contributed by atoms with Crippen LogP contribution in [-0.2, 0) is 16.0 Å². The molecule has 1 atom stereocenters. The van der Waals surface area contributed by atoms with E-state index in [0.717, 1.165) is 30.7 Å². The molecule has 0 radical (unpaired) electrons. The predicted molar refractivity (Wildman–Crippen MR) is 123 cm³/mol. The summed E-state index contributed by atoms with van der Waals surface area (Å²) >= 11 is 0. The van der Waals surface area contributed by atoms with Crippen LogP contribution in [0.2, 0.25) is 0 Å². The molecule has 172 valence electrons. The zero-order valence-corrected chi connectivity index (χ0v) is 18.7. The number of para-hydroxylation sites is 1. The van der Waals surface area contributed by atoms with Crippen LogP contribution in [0.5, 0.6) is 11.5 Å². The first-order valence-electron chi connectivity index (χ1n) is 10.2. The van der Waals surface area contributed by atoms with Gasteiger partial charge in [-0.3, -0.25) is 4.79 Å². The van der Waals surface area contributed by atoms with Gasteiger partial charge in [-0.05, 0) is 49.2 Å². The minimum absolute atomic E-state index is 0. The van der Waals surface area contributed by atoms with Gasteiger partial charge in [0.25, 0.3) is 5.91 Å². The summed E-state index contributed by atoms with van der Waals surface area (Å²) in [6.45, 7) is 2.66. The minimum Gasteiger partial charge on any atom is -0.491 e. The Morgan fingerprint density at radius 1 is 1.00 bits per heavy atom. The summed E-state index contributed by atoms with van der Waals surface area (Å²) in [4.78, 5) is 11.7. The van der Waals surface area contributed by atoms with Gasteiger partial charge in [-0.25, -0.2) is 0 Å². The lowest BCUT2D eigenvalue weighted by molar-refractivity contribution is -0.123. The topological polar surface area (TPSA) is 89.1 Å². The van der Waals surface area contributed by atoms with Gasteiger partial charge in [0.05, 0.1) is 0 Å². The van der Waals surface area contributed by atoms with E-state index in [9.17, 15) is 9.90 Å². The highest BCUT2D eigenvalue weighted by molar-refractivity contribution is 5.85. The number of methoxy groups -OCH3 is 1. The average Bonchev–Trinajstić information content (AvgIpc) is 2.78. The molecule has 31 heavy (non-hydrogen) atoms. The number of aliphatic hydroxyl groups is 1. The number of carbonyl (C=O) groups is 1. The highest BCUT2D eigenvalue weighted by Gasteiger charge is 2.05. The largest absolute Gasteiger partial charge is 0.491 e. The first-order valence-corrected chi connectivity index (χ1v) is 10.2. The molecule has 2 rings (SSSR count). The minimum atomic E-state index is -0.568. The Labute approximate surface area is 190 Å². The molecule has 3 N–H and O–H groups in total. The maximum absolute atomic E-state index is 11.7. The molecule has 0 saturated heterocycles. The van der Waals surface area contributed by atoms with E-state index >= 15 is 0 Å². The van der Waals surface area contributed by atoms with Crippen molar-refractivity contribution in [2.75, 3.05) is 46.6 Å². The second-order valence-electron chi connectivity index (χ2n) is 6.86. The third-order valence-electron chi connectivity index (χ3n) is 4.30. The molecule has 0 fully saturated rings. The Balaban J connectivity index is 0.00000480. The lowest BCUT2D eigenvalue weighted by Gasteiger charge is -2.13. The molecule has 0 spiro atoms. The second-order valence-corrected chi connectivity index (χ2v) is 6.86. The van der Waals surface area contributed by atoms with Crippen molar-refractivity contribution in [1.82, 2.24) is 10.6 Å². The fraction of sp³-hybridized carbons (Fsp3) is 0.435. The fourth-order valence-corrected chi connectivity index (χ4v) is 2.67. The maximum Gasteiger partial charge on any atom is 0.257 e. The molecule has 0 aliphatic rings. The molecule has 8 heteroatoms. The average molecular weight is 453 g/mol. The van der Waals surface area contributed by atoms with Crippen LogP contribution in [0.1, 0.15) is 12.0 Å². The summed E-state index contributed by atoms with van der Waals surface area (Å²) in [5.41, 5.74) is 1.15. The third kappa shape index (κ3) is 12.2.